The highest BCUT2D eigenvalue weighted by Crippen LogP contribution is 2.35. The van der Waals surface area contributed by atoms with E-state index < -0.39 is 0 Å². The number of unbranched alkanes of at least 4 members (excludes halogenated alkanes) is 5. The van der Waals surface area contributed by atoms with Gasteiger partial charge in [0.15, 0.2) is 0 Å². The number of esters is 1. The lowest BCUT2D eigenvalue weighted by Gasteiger charge is -2.43. The van der Waals surface area contributed by atoms with E-state index in [4.69, 9.17) is 4.74 Å². The molecule has 1 atom stereocenters. The van der Waals surface area contributed by atoms with Gasteiger partial charge in [0, 0.05) is 19.4 Å². The van der Waals surface area contributed by atoms with Gasteiger partial charge in [0.2, 0.25) is 5.91 Å². The average Bonchev–Trinajstić information content (AvgIpc) is 2.91. The minimum absolute atomic E-state index is 0.131. The van der Waals surface area contributed by atoms with E-state index in [1.54, 1.807) is 0 Å². The highest BCUT2D eigenvalue weighted by molar-refractivity contribution is 5.92. The zero-order valence-electron chi connectivity index (χ0n) is 21.6. The minimum atomic E-state index is -0.131. The van der Waals surface area contributed by atoms with Crippen LogP contribution in [0.4, 0.5) is 5.69 Å². The molecule has 1 fully saturated rings. The molecule has 1 aliphatic heterocycles. The molecule has 0 N–H and O–H groups in total. The molecule has 5 nitrogen and oxygen atoms in total. The average molecular weight is 479 g/mol. The number of hydrogen-bond donors (Lipinski definition) is 0. The largest absolute Gasteiger partial charge is 0.469 e. The number of nitrogens with zero attached hydrogens (tertiary/aromatic N) is 2. The molecular weight excluding hydrogens is 436 g/mol. The van der Waals surface area contributed by atoms with E-state index in [2.05, 4.69) is 36.2 Å². The number of rotatable bonds is 13. The second-order valence-electron chi connectivity index (χ2n) is 9.51. The van der Waals surface area contributed by atoms with Gasteiger partial charge in [-0.15, -0.1) is 0 Å². The van der Waals surface area contributed by atoms with Crippen molar-refractivity contribution in [2.75, 3.05) is 18.7 Å². The van der Waals surface area contributed by atoms with Gasteiger partial charge in [-0.25, -0.2) is 10.0 Å². The second-order valence-corrected chi connectivity index (χ2v) is 9.51. The Morgan fingerprint density at radius 3 is 2.20 bits per heavy atom. The van der Waals surface area contributed by atoms with Crippen LogP contribution in [0.2, 0.25) is 0 Å². The fraction of sp³-hybridized carbons (Fsp3) is 0.533. The molecule has 1 amide bonds. The first-order chi connectivity index (χ1) is 17.1. The Kier molecular flexibility index (Phi) is 11.3. The van der Waals surface area contributed by atoms with Crippen molar-refractivity contribution < 1.29 is 14.3 Å². The third-order valence-corrected chi connectivity index (χ3v) is 6.99. The van der Waals surface area contributed by atoms with Gasteiger partial charge >= 0.3 is 5.97 Å². The number of ether oxygens (including phenoxy) is 1. The van der Waals surface area contributed by atoms with Gasteiger partial charge in [0.1, 0.15) is 0 Å². The number of aryl methyl sites for hydroxylation is 1. The molecule has 0 bridgehead atoms. The van der Waals surface area contributed by atoms with Crippen LogP contribution >= 0.6 is 0 Å². The maximum Gasteiger partial charge on any atom is 0.305 e. The number of carbonyl (C=O) groups is 2. The third-order valence-electron chi connectivity index (χ3n) is 6.99. The Labute approximate surface area is 211 Å². The van der Waals surface area contributed by atoms with E-state index in [9.17, 15) is 9.59 Å². The molecule has 0 aliphatic carbocycles. The van der Waals surface area contributed by atoms with E-state index in [1.165, 1.54) is 24.7 Å². The van der Waals surface area contributed by atoms with Crippen molar-refractivity contribution in [3.63, 3.8) is 0 Å². The first-order valence-electron chi connectivity index (χ1n) is 13.4. The lowest BCUT2D eigenvalue weighted by Crippen LogP contribution is -2.50. The summed E-state index contributed by atoms with van der Waals surface area (Å²) in [5.74, 6) is 0.0490. The van der Waals surface area contributed by atoms with E-state index in [-0.39, 0.29) is 17.9 Å². The van der Waals surface area contributed by atoms with Gasteiger partial charge in [0.05, 0.1) is 18.8 Å². The van der Waals surface area contributed by atoms with Crippen LogP contribution in [0.15, 0.2) is 54.6 Å². The lowest BCUT2D eigenvalue weighted by molar-refractivity contribution is -0.140. The Balaban J connectivity index is 1.61. The Morgan fingerprint density at radius 2 is 1.54 bits per heavy atom. The zero-order chi connectivity index (χ0) is 24.9. The molecule has 5 heteroatoms. The van der Waals surface area contributed by atoms with E-state index in [0.717, 1.165) is 70.0 Å². The molecule has 1 heterocycles. The summed E-state index contributed by atoms with van der Waals surface area (Å²) in [6.07, 6.45) is 11.5. The summed E-state index contributed by atoms with van der Waals surface area (Å²) in [6, 6.07) is 19.3. The van der Waals surface area contributed by atoms with Gasteiger partial charge < -0.3 is 4.74 Å². The zero-order valence-corrected chi connectivity index (χ0v) is 21.6. The third kappa shape index (κ3) is 8.21. The van der Waals surface area contributed by atoms with Crippen molar-refractivity contribution in [1.29, 1.82) is 0 Å². The molecular formula is C30H42N2O3. The maximum atomic E-state index is 13.6. The quantitative estimate of drug-likeness (QED) is 0.229. The Hall–Kier alpha value is -2.66. The van der Waals surface area contributed by atoms with Crippen molar-refractivity contribution in [1.82, 2.24) is 5.01 Å². The molecule has 1 aliphatic rings. The van der Waals surface area contributed by atoms with Crippen molar-refractivity contribution in [3.05, 3.63) is 65.7 Å². The lowest BCUT2D eigenvalue weighted by atomic mass is 9.95. The number of anilines is 1. The van der Waals surface area contributed by atoms with Gasteiger partial charge in [-0.3, -0.25) is 9.59 Å². The van der Waals surface area contributed by atoms with E-state index in [0.29, 0.717) is 12.8 Å². The first kappa shape index (κ1) is 26.9. The van der Waals surface area contributed by atoms with E-state index >= 15 is 0 Å². The Morgan fingerprint density at radius 1 is 0.886 bits per heavy atom. The van der Waals surface area contributed by atoms with Crippen LogP contribution in [0.1, 0.15) is 94.7 Å². The summed E-state index contributed by atoms with van der Waals surface area (Å²) in [6.45, 7) is 3.07. The fourth-order valence-electron chi connectivity index (χ4n) is 4.94. The molecule has 35 heavy (non-hydrogen) atoms. The van der Waals surface area contributed by atoms with Crippen LogP contribution in [0, 0.1) is 0 Å². The van der Waals surface area contributed by atoms with E-state index in [1.807, 2.05) is 35.3 Å². The summed E-state index contributed by atoms with van der Waals surface area (Å²) in [7, 11) is 1.44. The van der Waals surface area contributed by atoms with Crippen molar-refractivity contribution in [2.24, 2.45) is 0 Å². The summed E-state index contributed by atoms with van der Waals surface area (Å²) < 4.78 is 4.69. The number of methoxy groups -OCH3 is 1. The molecule has 1 unspecified atom stereocenters. The Bertz CT molecular complexity index is 898. The summed E-state index contributed by atoms with van der Waals surface area (Å²) in [5.41, 5.74) is 3.59. The first-order valence-corrected chi connectivity index (χ1v) is 13.4. The topological polar surface area (TPSA) is 49.9 Å². The number of hydrogen-bond acceptors (Lipinski definition) is 4. The predicted octanol–water partition coefficient (Wildman–Crippen LogP) is 7.02. The van der Waals surface area contributed by atoms with Crippen LogP contribution < -0.4 is 5.01 Å². The van der Waals surface area contributed by atoms with Crippen molar-refractivity contribution >= 4 is 17.6 Å². The van der Waals surface area contributed by atoms with Crippen molar-refractivity contribution in [3.8, 4) is 0 Å². The normalized spacial score (nSPS) is 16.1. The minimum Gasteiger partial charge on any atom is -0.469 e. The summed E-state index contributed by atoms with van der Waals surface area (Å²) >= 11 is 0. The van der Waals surface area contributed by atoms with Crippen LogP contribution in [0.25, 0.3) is 0 Å². The molecule has 2 aromatic carbocycles. The van der Waals surface area contributed by atoms with Gasteiger partial charge in [-0.2, -0.15) is 0 Å². The molecule has 190 valence electrons. The molecule has 0 spiro atoms. The number of piperidine rings is 1. The number of amides is 1. The highest BCUT2D eigenvalue weighted by atomic mass is 16.5. The molecule has 0 aromatic heterocycles. The maximum absolute atomic E-state index is 13.6. The predicted molar refractivity (Wildman–Crippen MR) is 142 cm³/mol. The molecule has 3 rings (SSSR count). The highest BCUT2D eigenvalue weighted by Gasteiger charge is 2.32. The number of hydrazine groups is 1. The SMILES string of the molecule is CCc1ccc(C2CCCCN2N(C(=O)CCCCCCCCC(=O)OC)c2ccccc2)cc1. The number of para-hydroxylation sites is 1. The monoisotopic (exact) mass is 478 g/mol. The number of carbonyl (C=O) groups excluding carboxylic acids is 2. The van der Waals surface area contributed by atoms with Crippen LogP contribution in [-0.4, -0.2) is 30.5 Å². The molecule has 0 saturated carbocycles. The van der Waals surface area contributed by atoms with Crippen LogP contribution in [-0.2, 0) is 20.7 Å². The fourth-order valence-corrected chi connectivity index (χ4v) is 4.94. The second kappa shape index (κ2) is 14.7. The van der Waals surface area contributed by atoms with Crippen LogP contribution in [0.3, 0.4) is 0 Å². The standard InChI is InChI=1S/C30H42N2O3/c1-3-25-20-22-26(23-21-25)28-17-13-14-24-31(28)32(27-15-9-8-10-16-27)29(33)18-11-6-4-5-7-12-19-30(34)35-2/h8-10,15-16,20-23,28H,3-7,11-14,17-19,24H2,1-2H3. The van der Waals surface area contributed by atoms with Crippen LogP contribution in [0.5, 0.6) is 0 Å². The van der Waals surface area contributed by atoms with Crippen molar-refractivity contribution in [2.45, 2.75) is 90.0 Å². The van der Waals surface area contributed by atoms with Gasteiger partial charge in [-0.05, 0) is 55.4 Å². The number of benzene rings is 2. The molecule has 0 radical (unpaired) electrons. The summed E-state index contributed by atoms with van der Waals surface area (Å²) in [5, 5.41) is 4.28. The van der Waals surface area contributed by atoms with Gasteiger partial charge in [-0.1, -0.05) is 81.5 Å². The smallest absolute Gasteiger partial charge is 0.305 e. The molecule has 1 saturated heterocycles. The summed E-state index contributed by atoms with van der Waals surface area (Å²) in [4.78, 5) is 24.8. The van der Waals surface area contributed by atoms with Gasteiger partial charge in [0.25, 0.3) is 0 Å². The molecule has 2 aromatic rings.